The molecule has 0 atom stereocenters. The van der Waals surface area contributed by atoms with Crippen LogP contribution in [-0.4, -0.2) is 50.2 Å². The van der Waals surface area contributed by atoms with Crippen molar-refractivity contribution >= 4 is 28.8 Å². The van der Waals surface area contributed by atoms with Crippen LogP contribution in [-0.2, 0) is 4.79 Å². The van der Waals surface area contributed by atoms with Crippen LogP contribution in [0.3, 0.4) is 0 Å². The molecule has 0 aliphatic carbocycles. The van der Waals surface area contributed by atoms with Crippen molar-refractivity contribution in [2.45, 2.75) is 13.8 Å². The topological polar surface area (TPSA) is 70.9 Å². The van der Waals surface area contributed by atoms with Crippen LogP contribution in [0.15, 0.2) is 48.5 Å². The van der Waals surface area contributed by atoms with Gasteiger partial charge in [0.15, 0.2) is 18.1 Å². The molecule has 0 unspecified atom stereocenters. The second kappa shape index (κ2) is 8.80. The lowest BCUT2D eigenvalue weighted by atomic mass is 10.1. The number of piperazine rings is 1. The lowest BCUT2D eigenvalue weighted by molar-refractivity contribution is -0.892. The number of Topliss-reactive ketones (excluding diaryl/α,β-unsaturated/α-hetero) is 2. The van der Waals surface area contributed by atoms with E-state index in [9.17, 15) is 14.4 Å². The van der Waals surface area contributed by atoms with E-state index in [2.05, 4.69) is 10.2 Å². The molecule has 2 aromatic carbocycles. The summed E-state index contributed by atoms with van der Waals surface area (Å²) in [6.45, 7) is 7.01. The highest BCUT2D eigenvalue weighted by atomic mass is 16.2. The van der Waals surface area contributed by atoms with Gasteiger partial charge >= 0.3 is 0 Å². The van der Waals surface area contributed by atoms with Gasteiger partial charge in [-0.1, -0.05) is 0 Å². The average molecular weight is 380 g/mol. The number of hydrogen-bond donors (Lipinski definition) is 2. The summed E-state index contributed by atoms with van der Waals surface area (Å²) in [4.78, 5) is 38.5. The smallest absolute Gasteiger partial charge is 0.279 e. The summed E-state index contributed by atoms with van der Waals surface area (Å²) >= 11 is 0. The van der Waals surface area contributed by atoms with Gasteiger partial charge in [0.1, 0.15) is 0 Å². The molecule has 6 heteroatoms. The first kappa shape index (κ1) is 19.8. The number of anilines is 2. The first-order valence-electron chi connectivity index (χ1n) is 9.53. The quantitative estimate of drug-likeness (QED) is 0.744. The molecule has 6 nitrogen and oxygen atoms in total. The van der Waals surface area contributed by atoms with Crippen LogP contribution in [0.4, 0.5) is 11.4 Å². The Bertz CT molecular complexity index is 852. The monoisotopic (exact) mass is 380 g/mol. The Morgan fingerprint density at radius 1 is 0.857 bits per heavy atom. The number of quaternary nitrogens is 1. The van der Waals surface area contributed by atoms with Crippen LogP contribution in [0.25, 0.3) is 0 Å². The van der Waals surface area contributed by atoms with E-state index in [0.717, 1.165) is 37.4 Å². The minimum Gasteiger partial charge on any atom is -0.360 e. The Morgan fingerprint density at radius 3 is 1.86 bits per heavy atom. The van der Waals surface area contributed by atoms with Crippen LogP contribution in [0, 0.1) is 0 Å². The summed E-state index contributed by atoms with van der Waals surface area (Å²) < 4.78 is 0. The highest BCUT2D eigenvalue weighted by Gasteiger charge is 2.22. The van der Waals surface area contributed by atoms with E-state index in [4.69, 9.17) is 0 Å². The highest BCUT2D eigenvalue weighted by Crippen LogP contribution is 2.15. The largest absolute Gasteiger partial charge is 0.360 e. The summed E-state index contributed by atoms with van der Waals surface area (Å²) in [7, 11) is 0. The molecule has 1 amide bonds. The third kappa shape index (κ3) is 5.04. The number of benzene rings is 2. The van der Waals surface area contributed by atoms with Crippen LogP contribution >= 0.6 is 0 Å². The molecule has 2 N–H and O–H groups in total. The molecular formula is C22H26N3O3+. The van der Waals surface area contributed by atoms with E-state index < -0.39 is 0 Å². The van der Waals surface area contributed by atoms with E-state index in [0.29, 0.717) is 17.8 Å². The fourth-order valence-corrected chi connectivity index (χ4v) is 3.39. The predicted octanol–water partition coefficient (Wildman–Crippen LogP) is 1.44. The van der Waals surface area contributed by atoms with Crippen LogP contribution in [0.5, 0.6) is 0 Å². The van der Waals surface area contributed by atoms with Crippen LogP contribution in [0.2, 0.25) is 0 Å². The van der Waals surface area contributed by atoms with Crippen molar-refractivity contribution in [2.75, 3.05) is 42.9 Å². The van der Waals surface area contributed by atoms with E-state index in [1.54, 1.807) is 31.2 Å². The predicted molar refractivity (Wildman–Crippen MR) is 109 cm³/mol. The Kier molecular flexibility index (Phi) is 6.21. The van der Waals surface area contributed by atoms with Crippen LogP contribution < -0.4 is 15.1 Å². The molecule has 1 aliphatic heterocycles. The number of ketones is 2. The highest BCUT2D eigenvalue weighted by molar-refractivity contribution is 5.96. The van der Waals surface area contributed by atoms with Crippen molar-refractivity contribution in [3.63, 3.8) is 0 Å². The number of rotatable bonds is 6. The molecule has 28 heavy (non-hydrogen) atoms. The van der Waals surface area contributed by atoms with Gasteiger partial charge in [-0.15, -0.1) is 0 Å². The Labute approximate surface area is 165 Å². The molecule has 0 bridgehead atoms. The average Bonchev–Trinajstić information content (AvgIpc) is 2.69. The summed E-state index contributed by atoms with van der Waals surface area (Å²) in [5.74, 6) is 0.0590. The number of nitrogens with zero attached hydrogens (tertiary/aromatic N) is 1. The Morgan fingerprint density at radius 2 is 1.36 bits per heavy atom. The maximum atomic E-state index is 12.3. The van der Waals surface area contributed by atoms with E-state index in [1.807, 2.05) is 24.3 Å². The number of hydrogen-bond acceptors (Lipinski definition) is 4. The van der Waals surface area contributed by atoms with Gasteiger partial charge in [-0.05, 0) is 62.4 Å². The zero-order valence-electron chi connectivity index (χ0n) is 16.3. The summed E-state index contributed by atoms with van der Waals surface area (Å²) in [5.41, 5.74) is 3.18. The molecular weight excluding hydrogens is 354 g/mol. The first-order chi connectivity index (χ1) is 13.4. The van der Waals surface area contributed by atoms with Gasteiger partial charge in [0.25, 0.3) is 5.91 Å². The van der Waals surface area contributed by atoms with E-state index in [-0.39, 0.29) is 17.5 Å². The Hall–Kier alpha value is -2.99. The molecule has 146 valence electrons. The van der Waals surface area contributed by atoms with Gasteiger partial charge in [0.05, 0.1) is 26.2 Å². The minimum atomic E-state index is -0.0233. The number of amides is 1. The number of nitrogens with one attached hydrogen (secondary N) is 2. The second-order valence-corrected chi connectivity index (χ2v) is 7.20. The summed E-state index contributed by atoms with van der Waals surface area (Å²) in [6.07, 6.45) is 0. The zero-order valence-corrected chi connectivity index (χ0v) is 16.3. The summed E-state index contributed by atoms with van der Waals surface area (Å²) in [5, 5.41) is 2.90. The third-order valence-electron chi connectivity index (χ3n) is 5.10. The van der Waals surface area contributed by atoms with Gasteiger partial charge < -0.3 is 15.1 Å². The van der Waals surface area contributed by atoms with Crippen molar-refractivity contribution in [3.05, 3.63) is 59.7 Å². The number of carbonyl (C=O) groups is 3. The molecule has 2 aromatic rings. The lowest BCUT2D eigenvalue weighted by Gasteiger charge is -2.33. The SMILES string of the molecule is CC(=O)c1ccc(NC(=O)C[NH+]2CCN(c3ccc(C(C)=O)cc3)CC2)cc1. The molecule has 1 saturated heterocycles. The Balaban J connectivity index is 1.47. The van der Waals surface area contributed by atoms with Gasteiger partial charge in [-0.25, -0.2) is 0 Å². The van der Waals surface area contributed by atoms with Crippen molar-refractivity contribution in [1.29, 1.82) is 0 Å². The summed E-state index contributed by atoms with van der Waals surface area (Å²) in [6, 6.07) is 14.7. The molecule has 1 fully saturated rings. The van der Waals surface area contributed by atoms with Crippen molar-refractivity contribution in [3.8, 4) is 0 Å². The molecule has 0 spiro atoms. The molecule has 1 aliphatic rings. The molecule has 1 heterocycles. The maximum absolute atomic E-state index is 12.3. The first-order valence-corrected chi connectivity index (χ1v) is 9.53. The minimum absolute atomic E-state index is 0.0103. The standard InChI is InChI=1S/C22H25N3O3/c1-16(26)18-3-7-20(8-4-18)23-22(28)15-24-11-13-25(14-12-24)21-9-5-19(6-10-21)17(2)27/h3-10H,11-15H2,1-2H3,(H,23,28)/p+1. The van der Waals surface area contributed by atoms with Crippen molar-refractivity contribution in [1.82, 2.24) is 0 Å². The van der Waals surface area contributed by atoms with Gasteiger partial charge in [0.2, 0.25) is 0 Å². The van der Waals surface area contributed by atoms with Gasteiger partial charge in [-0.2, -0.15) is 0 Å². The lowest BCUT2D eigenvalue weighted by Crippen LogP contribution is -3.15. The molecule has 3 rings (SSSR count). The normalized spacial score (nSPS) is 14.6. The molecule has 0 radical (unpaired) electrons. The zero-order chi connectivity index (χ0) is 20.1. The van der Waals surface area contributed by atoms with Gasteiger partial charge in [-0.3, -0.25) is 14.4 Å². The fraction of sp³-hybridized carbons (Fsp3) is 0.318. The van der Waals surface area contributed by atoms with Crippen molar-refractivity contribution in [2.24, 2.45) is 0 Å². The second-order valence-electron chi connectivity index (χ2n) is 7.20. The van der Waals surface area contributed by atoms with E-state index in [1.165, 1.54) is 11.8 Å². The van der Waals surface area contributed by atoms with Crippen molar-refractivity contribution < 1.29 is 19.3 Å². The third-order valence-corrected chi connectivity index (χ3v) is 5.10. The van der Waals surface area contributed by atoms with E-state index >= 15 is 0 Å². The maximum Gasteiger partial charge on any atom is 0.279 e. The fourth-order valence-electron chi connectivity index (χ4n) is 3.39. The van der Waals surface area contributed by atoms with Gasteiger partial charge in [0, 0.05) is 22.5 Å². The van der Waals surface area contributed by atoms with Crippen LogP contribution in [0.1, 0.15) is 34.6 Å². The number of carbonyl (C=O) groups excluding carboxylic acids is 3. The molecule has 0 aromatic heterocycles. The molecule has 0 saturated carbocycles.